The average molecular weight is 458 g/mol. The number of hydrogen-bond donors (Lipinski definition) is 2. The Morgan fingerprint density at radius 1 is 1.12 bits per heavy atom. The number of nitriles is 1. The molecule has 0 heterocycles. The number of esters is 1. The summed E-state index contributed by atoms with van der Waals surface area (Å²) in [6.07, 6.45) is -0.566. The Labute approximate surface area is 191 Å². The second kappa shape index (κ2) is 10.6. The van der Waals surface area contributed by atoms with Gasteiger partial charge in [-0.25, -0.2) is 9.59 Å². The van der Waals surface area contributed by atoms with Crippen molar-refractivity contribution in [2.75, 3.05) is 12.4 Å². The highest BCUT2D eigenvalue weighted by molar-refractivity contribution is 6.34. The molecule has 0 fully saturated rings. The Hall–Kier alpha value is -3.57. The van der Waals surface area contributed by atoms with Crippen LogP contribution in [0.15, 0.2) is 42.5 Å². The molecular formula is C23H24ClN3O5. The summed E-state index contributed by atoms with van der Waals surface area (Å²) in [5.74, 6) is -1.07. The lowest BCUT2D eigenvalue weighted by atomic mass is 10.1. The molecule has 2 aromatic rings. The van der Waals surface area contributed by atoms with Crippen LogP contribution in [0.2, 0.25) is 5.02 Å². The summed E-state index contributed by atoms with van der Waals surface area (Å²) < 4.78 is 9.96. The molecule has 1 atom stereocenters. The van der Waals surface area contributed by atoms with Crippen molar-refractivity contribution in [1.29, 1.82) is 5.26 Å². The third-order valence-electron chi connectivity index (χ3n) is 4.17. The second-order valence-corrected chi connectivity index (χ2v) is 8.29. The third-order valence-corrected chi connectivity index (χ3v) is 4.50. The number of nitrogens with zero attached hydrogens (tertiary/aromatic N) is 1. The molecule has 2 amide bonds. The topological polar surface area (TPSA) is 118 Å². The molecule has 2 rings (SSSR count). The van der Waals surface area contributed by atoms with Gasteiger partial charge in [0.1, 0.15) is 11.6 Å². The predicted octanol–water partition coefficient (Wildman–Crippen LogP) is 4.07. The molecule has 8 nitrogen and oxygen atoms in total. The SMILES string of the molecule is COC(=O)C(Cc1ccc(NC(=O)c2cc(C#N)ccc2Cl)cc1)NC(=O)OC(C)(C)C. The summed E-state index contributed by atoms with van der Waals surface area (Å²) in [5.41, 5.74) is 1.01. The lowest BCUT2D eigenvalue weighted by molar-refractivity contribution is -0.143. The van der Waals surface area contributed by atoms with Crippen LogP contribution in [0.1, 0.15) is 42.3 Å². The van der Waals surface area contributed by atoms with E-state index in [1.807, 2.05) is 6.07 Å². The Bertz CT molecular complexity index is 1040. The largest absolute Gasteiger partial charge is 0.467 e. The van der Waals surface area contributed by atoms with Gasteiger partial charge in [-0.05, 0) is 56.7 Å². The van der Waals surface area contributed by atoms with E-state index >= 15 is 0 Å². The summed E-state index contributed by atoms with van der Waals surface area (Å²) in [6, 6.07) is 12.2. The zero-order valence-corrected chi connectivity index (χ0v) is 18.9. The Morgan fingerprint density at radius 3 is 2.34 bits per heavy atom. The molecule has 0 radical (unpaired) electrons. The van der Waals surface area contributed by atoms with Crippen LogP contribution < -0.4 is 10.6 Å². The van der Waals surface area contributed by atoms with E-state index in [1.54, 1.807) is 45.0 Å². The maximum atomic E-state index is 12.5. The van der Waals surface area contributed by atoms with Crippen LogP contribution in [0.5, 0.6) is 0 Å². The third kappa shape index (κ3) is 7.29. The minimum Gasteiger partial charge on any atom is -0.467 e. The van der Waals surface area contributed by atoms with Gasteiger partial charge in [0.2, 0.25) is 0 Å². The van der Waals surface area contributed by atoms with Crippen molar-refractivity contribution in [2.45, 2.75) is 38.8 Å². The molecule has 32 heavy (non-hydrogen) atoms. The molecule has 168 valence electrons. The maximum Gasteiger partial charge on any atom is 0.408 e. The molecule has 0 aliphatic carbocycles. The predicted molar refractivity (Wildman–Crippen MR) is 119 cm³/mol. The Morgan fingerprint density at radius 2 is 1.78 bits per heavy atom. The van der Waals surface area contributed by atoms with Crippen LogP contribution in [-0.4, -0.2) is 36.7 Å². The molecule has 9 heteroatoms. The van der Waals surface area contributed by atoms with E-state index in [9.17, 15) is 14.4 Å². The van der Waals surface area contributed by atoms with Gasteiger partial charge in [0, 0.05) is 12.1 Å². The number of halogens is 1. The van der Waals surface area contributed by atoms with Crippen molar-refractivity contribution in [3.05, 3.63) is 64.2 Å². The van der Waals surface area contributed by atoms with Gasteiger partial charge in [0.25, 0.3) is 5.91 Å². The van der Waals surface area contributed by atoms with Crippen molar-refractivity contribution >= 4 is 35.3 Å². The van der Waals surface area contributed by atoms with E-state index in [-0.39, 0.29) is 17.0 Å². The van der Waals surface area contributed by atoms with Crippen LogP contribution in [0.3, 0.4) is 0 Å². The van der Waals surface area contributed by atoms with Gasteiger partial charge >= 0.3 is 12.1 Å². The van der Waals surface area contributed by atoms with Gasteiger partial charge in [-0.15, -0.1) is 0 Å². The van der Waals surface area contributed by atoms with Crippen molar-refractivity contribution in [3.63, 3.8) is 0 Å². The van der Waals surface area contributed by atoms with Gasteiger partial charge in [0.15, 0.2) is 0 Å². The fraction of sp³-hybridized carbons (Fsp3) is 0.304. The number of carbonyl (C=O) groups is 3. The zero-order chi connectivity index (χ0) is 23.9. The van der Waals surface area contributed by atoms with E-state index in [1.165, 1.54) is 25.3 Å². The molecular weight excluding hydrogens is 434 g/mol. The minimum atomic E-state index is -0.942. The quantitative estimate of drug-likeness (QED) is 0.631. The molecule has 0 bridgehead atoms. The first-order valence-electron chi connectivity index (χ1n) is 9.69. The van der Waals surface area contributed by atoms with Crippen LogP contribution in [0.25, 0.3) is 0 Å². The highest BCUT2D eigenvalue weighted by Crippen LogP contribution is 2.20. The summed E-state index contributed by atoms with van der Waals surface area (Å²) in [7, 11) is 1.23. The molecule has 0 saturated heterocycles. The van der Waals surface area contributed by atoms with Crippen LogP contribution in [0, 0.1) is 11.3 Å². The maximum absolute atomic E-state index is 12.5. The molecule has 0 aliphatic heterocycles. The molecule has 0 aromatic heterocycles. The van der Waals surface area contributed by atoms with Gasteiger partial charge in [-0.1, -0.05) is 23.7 Å². The first-order valence-corrected chi connectivity index (χ1v) is 10.1. The van der Waals surface area contributed by atoms with E-state index in [2.05, 4.69) is 10.6 Å². The van der Waals surface area contributed by atoms with Crippen molar-refractivity contribution in [1.82, 2.24) is 5.32 Å². The second-order valence-electron chi connectivity index (χ2n) is 7.88. The fourth-order valence-electron chi connectivity index (χ4n) is 2.71. The van der Waals surface area contributed by atoms with Crippen molar-refractivity contribution in [3.8, 4) is 6.07 Å². The number of nitrogens with one attached hydrogen (secondary N) is 2. The number of amides is 2. The molecule has 0 aliphatic rings. The van der Waals surface area contributed by atoms with Crippen molar-refractivity contribution < 1.29 is 23.9 Å². The number of anilines is 1. The van der Waals surface area contributed by atoms with Gasteiger partial charge in [-0.2, -0.15) is 5.26 Å². The number of alkyl carbamates (subject to hydrolysis) is 1. The zero-order valence-electron chi connectivity index (χ0n) is 18.2. The van der Waals surface area contributed by atoms with E-state index in [0.717, 1.165) is 5.56 Å². The van der Waals surface area contributed by atoms with E-state index < -0.39 is 29.6 Å². The van der Waals surface area contributed by atoms with Crippen LogP contribution in [-0.2, 0) is 20.7 Å². The van der Waals surface area contributed by atoms with E-state index in [0.29, 0.717) is 11.3 Å². The standard InChI is InChI=1S/C23H24ClN3O5/c1-23(2,3)32-22(30)27-19(21(29)31-4)12-14-5-8-16(9-6-14)26-20(28)17-11-15(13-25)7-10-18(17)24/h5-11,19H,12H2,1-4H3,(H,26,28)(H,27,30). The summed E-state index contributed by atoms with van der Waals surface area (Å²) in [6.45, 7) is 5.16. The van der Waals surface area contributed by atoms with Gasteiger partial charge in [-0.3, -0.25) is 4.79 Å². The first-order chi connectivity index (χ1) is 15.0. The number of ether oxygens (including phenoxy) is 2. The normalized spacial score (nSPS) is 11.6. The van der Waals surface area contributed by atoms with Gasteiger partial charge < -0.3 is 20.1 Å². The lowest BCUT2D eigenvalue weighted by Crippen LogP contribution is -2.45. The molecule has 2 aromatic carbocycles. The molecule has 0 saturated carbocycles. The highest BCUT2D eigenvalue weighted by atomic mass is 35.5. The number of carbonyl (C=O) groups excluding carboxylic acids is 3. The summed E-state index contributed by atoms with van der Waals surface area (Å²) >= 11 is 6.06. The summed E-state index contributed by atoms with van der Waals surface area (Å²) in [4.78, 5) is 36.6. The minimum absolute atomic E-state index is 0.163. The monoisotopic (exact) mass is 457 g/mol. The lowest BCUT2D eigenvalue weighted by Gasteiger charge is -2.22. The number of methoxy groups -OCH3 is 1. The van der Waals surface area contributed by atoms with Crippen LogP contribution >= 0.6 is 11.6 Å². The fourth-order valence-corrected chi connectivity index (χ4v) is 2.92. The molecule has 0 spiro atoms. The van der Waals surface area contributed by atoms with Crippen molar-refractivity contribution in [2.24, 2.45) is 0 Å². The number of benzene rings is 2. The Kier molecular flexibility index (Phi) is 8.21. The average Bonchev–Trinajstić information content (AvgIpc) is 2.73. The molecule has 1 unspecified atom stereocenters. The number of rotatable bonds is 6. The van der Waals surface area contributed by atoms with E-state index in [4.69, 9.17) is 26.3 Å². The highest BCUT2D eigenvalue weighted by Gasteiger charge is 2.25. The first kappa shape index (κ1) is 24.7. The van der Waals surface area contributed by atoms with Gasteiger partial charge in [0.05, 0.1) is 29.3 Å². The smallest absolute Gasteiger partial charge is 0.408 e. The number of hydrogen-bond acceptors (Lipinski definition) is 6. The Balaban J connectivity index is 2.08. The molecule has 2 N–H and O–H groups in total. The summed E-state index contributed by atoms with van der Waals surface area (Å²) in [5, 5.41) is 14.5. The van der Waals surface area contributed by atoms with Crippen LogP contribution in [0.4, 0.5) is 10.5 Å².